The molecule has 0 bridgehead atoms. The van der Waals surface area contributed by atoms with Gasteiger partial charge in [0.05, 0.1) is 6.61 Å². The summed E-state index contributed by atoms with van der Waals surface area (Å²) in [7, 11) is 0. The van der Waals surface area contributed by atoms with Gasteiger partial charge in [-0.1, -0.05) is 32.9 Å². The fourth-order valence-electron chi connectivity index (χ4n) is 2.59. The summed E-state index contributed by atoms with van der Waals surface area (Å²) < 4.78 is 5.72. The van der Waals surface area contributed by atoms with Gasteiger partial charge in [-0.15, -0.1) is 0 Å². The SMILES string of the molecule is CC(C)(C)c1ccc(OCCCC(=O)N2CCCC2)cc1. The molecule has 1 aliphatic rings. The third-order valence-corrected chi connectivity index (χ3v) is 3.98. The van der Waals surface area contributed by atoms with Crippen molar-refractivity contribution in [3.63, 3.8) is 0 Å². The highest BCUT2D eigenvalue weighted by molar-refractivity contribution is 5.76. The Morgan fingerprint density at radius 3 is 2.33 bits per heavy atom. The van der Waals surface area contributed by atoms with E-state index in [2.05, 4.69) is 32.9 Å². The van der Waals surface area contributed by atoms with Gasteiger partial charge in [-0.05, 0) is 42.4 Å². The predicted molar refractivity (Wildman–Crippen MR) is 85.7 cm³/mol. The zero-order valence-electron chi connectivity index (χ0n) is 13.5. The van der Waals surface area contributed by atoms with Crippen LogP contribution in [-0.2, 0) is 10.2 Å². The van der Waals surface area contributed by atoms with Crippen molar-refractivity contribution in [1.29, 1.82) is 0 Å². The van der Waals surface area contributed by atoms with E-state index in [1.54, 1.807) is 0 Å². The number of amides is 1. The van der Waals surface area contributed by atoms with Crippen LogP contribution in [0.2, 0.25) is 0 Å². The molecule has 0 unspecified atom stereocenters. The molecule has 1 aliphatic heterocycles. The predicted octanol–water partition coefficient (Wildman–Crippen LogP) is 3.77. The van der Waals surface area contributed by atoms with Crippen molar-refractivity contribution in [3.8, 4) is 5.75 Å². The molecule has 0 aliphatic carbocycles. The number of nitrogens with zero attached hydrogens (tertiary/aromatic N) is 1. The average molecular weight is 289 g/mol. The van der Waals surface area contributed by atoms with E-state index in [0.29, 0.717) is 13.0 Å². The molecule has 0 aromatic heterocycles. The Bertz CT molecular complexity index is 453. The van der Waals surface area contributed by atoms with Gasteiger partial charge in [-0.3, -0.25) is 4.79 Å². The zero-order valence-corrected chi connectivity index (χ0v) is 13.5. The molecule has 1 aromatic carbocycles. The summed E-state index contributed by atoms with van der Waals surface area (Å²) in [6, 6.07) is 8.27. The molecule has 0 N–H and O–H groups in total. The van der Waals surface area contributed by atoms with Crippen molar-refractivity contribution >= 4 is 5.91 Å². The van der Waals surface area contributed by atoms with Gasteiger partial charge in [0.1, 0.15) is 5.75 Å². The Labute approximate surface area is 128 Å². The normalized spacial score (nSPS) is 15.3. The summed E-state index contributed by atoms with van der Waals surface area (Å²) in [5, 5.41) is 0. The number of ether oxygens (including phenoxy) is 1. The molecule has 0 saturated carbocycles. The van der Waals surface area contributed by atoms with Gasteiger partial charge >= 0.3 is 0 Å². The van der Waals surface area contributed by atoms with Gasteiger partial charge in [-0.25, -0.2) is 0 Å². The van der Waals surface area contributed by atoms with Crippen molar-refractivity contribution in [1.82, 2.24) is 4.90 Å². The smallest absolute Gasteiger partial charge is 0.222 e. The Hall–Kier alpha value is -1.51. The van der Waals surface area contributed by atoms with Gasteiger partial charge in [0.25, 0.3) is 0 Å². The number of likely N-dealkylation sites (tertiary alicyclic amines) is 1. The molecule has 1 aromatic rings. The second kappa shape index (κ2) is 6.97. The van der Waals surface area contributed by atoms with Crippen LogP contribution >= 0.6 is 0 Å². The summed E-state index contributed by atoms with van der Waals surface area (Å²) in [5.41, 5.74) is 1.47. The number of carbonyl (C=O) groups excluding carboxylic acids is 1. The molecule has 1 saturated heterocycles. The van der Waals surface area contributed by atoms with Crippen molar-refractivity contribution in [3.05, 3.63) is 29.8 Å². The number of hydrogen-bond donors (Lipinski definition) is 0. The van der Waals surface area contributed by atoms with Crippen LogP contribution in [0, 0.1) is 0 Å². The number of hydrogen-bond acceptors (Lipinski definition) is 2. The number of carbonyl (C=O) groups is 1. The van der Waals surface area contributed by atoms with Crippen molar-refractivity contribution in [2.75, 3.05) is 19.7 Å². The highest BCUT2D eigenvalue weighted by Crippen LogP contribution is 2.24. The first-order valence-electron chi connectivity index (χ1n) is 7.98. The maximum Gasteiger partial charge on any atom is 0.222 e. The molecule has 1 fully saturated rings. The quantitative estimate of drug-likeness (QED) is 0.772. The zero-order chi connectivity index (χ0) is 15.3. The van der Waals surface area contributed by atoms with E-state index in [1.165, 1.54) is 5.56 Å². The second-order valence-electron chi connectivity index (χ2n) is 6.81. The number of benzene rings is 1. The molecule has 116 valence electrons. The topological polar surface area (TPSA) is 29.5 Å². The van der Waals surface area contributed by atoms with Gasteiger partial charge in [0.15, 0.2) is 0 Å². The van der Waals surface area contributed by atoms with E-state index in [1.807, 2.05) is 17.0 Å². The molecular formula is C18H27NO2. The lowest BCUT2D eigenvalue weighted by molar-refractivity contribution is -0.130. The largest absolute Gasteiger partial charge is 0.494 e. The van der Waals surface area contributed by atoms with Crippen LogP contribution < -0.4 is 4.74 Å². The standard InChI is InChI=1S/C18H27NO2/c1-18(2,3)15-8-10-16(11-9-15)21-14-6-7-17(20)19-12-4-5-13-19/h8-11H,4-7,12-14H2,1-3H3. The minimum Gasteiger partial charge on any atom is -0.494 e. The summed E-state index contributed by atoms with van der Waals surface area (Å²) in [4.78, 5) is 13.9. The van der Waals surface area contributed by atoms with Crippen LogP contribution in [0.1, 0.15) is 52.0 Å². The van der Waals surface area contributed by atoms with Crippen LogP contribution in [0.4, 0.5) is 0 Å². The second-order valence-corrected chi connectivity index (χ2v) is 6.81. The van der Waals surface area contributed by atoms with Crippen molar-refractivity contribution in [2.24, 2.45) is 0 Å². The third kappa shape index (κ3) is 4.76. The van der Waals surface area contributed by atoms with Gasteiger partial charge in [0.2, 0.25) is 5.91 Å². The van der Waals surface area contributed by atoms with E-state index in [9.17, 15) is 4.79 Å². The maximum absolute atomic E-state index is 11.9. The first kappa shape index (κ1) is 15.9. The molecule has 0 spiro atoms. The van der Waals surface area contributed by atoms with Crippen molar-refractivity contribution in [2.45, 2.75) is 51.9 Å². The molecule has 3 heteroatoms. The molecule has 1 heterocycles. The summed E-state index contributed by atoms with van der Waals surface area (Å²) >= 11 is 0. The molecular weight excluding hydrogens is 262 g/mol. The maximum atomic E-state index is 11.9. The van der Waals surface area contributed by atoms with Crippen LogP contribution in [0.15, 0.2) is 24.3 Å². The van der Waals surface area contributed by atoms with Gasteiger partial charge in [0, 0.05) is 19.5 Å². The third-order valence-electron chi connectivity index (χ3n) is 3.98. The van der Waals surface area contributed by atoms with E-state index in [-0.39, 0.29) is 11.3 Å². The molecule has 2 rings (SSSR count). The van der Waals surface area contributed by atoms with Crippen LogP contribution in [0.25, 0.3) is 0 Å². The van der Waals surface area contributed by atoms with Gasteiger partial charge < -0.3 is 9.64 Å². The van der Waals surface area contributed by atoms with Crippen LogP contribution in [0.3, 0.4) is 0 Å². The van der Waals surface area contributed by atoms with E-state index >= 15 is 0 Å². The highest BCUT2D eigenvalue weighted by atomic mass is 16.5. The van der Waals surface area contributed by atoms with Crippen LogP contribution in [-0.4, -0.2) is 30.5 Å². The van der Waals surface area contributed by atoms with E-state index in [4.69, 9.17) is 4.74 Å². The summed E-state index contributed by atoms with van der Waals surface area (Å²) in [6.07, 6.45) is 3.70. The molecule has 1 amide bonds. The first-order chi connectivity index (χ1) is 9.97. The van der Waals surface area contributed by atoms with E-state index < -0.39 is 0 Å². The first-order valence-corrected chi connectivity index (χ1v) is 7.98. The number of rotatable bonds is 5. The fourth-order valence-corrected chi connectivity index (χ4v) is 2.59. The molecule has 0 atom stereocenters. The summed E-state index contributed by atoms with van der Waals surface area (Å²) in [5.74, 6) is 1.16. The average Bonchev–Trinajstić information content (AvgIpc) is 2.97. The van der Waals surface area contributed by atoms with Crippen molar-refractivity contribution < 1.29 is 9.53 Å². The Kier molecular flexibility index (Phi) is 5.27. The molecule has 3 nitrogen and oxygen atoms in total. The van der Waals surface area contributed by atoms with E-state index in [0.717, 1.165) is 38.1 Å². The Morgan fingerprint density at radius 2 is 1.76 bits per heavy atom. The monoisotopic (exact) mass is 289 g/mol. The van der Waals surface area contributed by atoms with Gasteiger partial charge in [-0.2, -0.15) is 0 Å². The molecule has 0 radical (unpaired) electrons. The Morgan fingerprint density at radius 1 is 1.14 bits per heavy atom. The Balaban J connectivity index is 1.70. The lowest BCUT2D eigenvalue weighted by Crippen LogP contribution is -2.27. The lowest BCUT2D eigenvalue weighted by Gasteiger charge is -2.19. The minimum atomic E-state index is 0.167. The lowest BCUT2D eigenvalue weighted by atomic mass is 9.87. The van der Waals surface area contributed by atoms with Crippen LogP contribution in [0.5, 0.6) is 5.75 Å². The summed E-state index contributed by atoms with van der Waals surface area (Å²) in [6.45, 7) is 9.09. The minimum absolute atomic E-state index is 0.167. The fraction of sp³-hybridized carbons (Fsp3) is 0.611. The molecule has 21 heavy (non-hydrogen) atoms. The highest BCUT2D eigenvalue weighted by Gasteiger charge is 2.17.